The van der Waals surface area contributed by atoms with E-state index in [-0.39, 0.29) is 22.9 Å². The lowest BCUT2D eigenvalue weighted by Crippen LogP contribution is -3.19. The van der Waals surface area contributed by atoms with Gasteiger partial charge in [0, 0.05) is 6.04 Å². The first-order valence-electron chi connectivity index (χ1n) is 10.2. The van der Waals surface area contributed by atoms with E-state index in [0.29, 0.717) is 32.1 Å². The first-order valence-corrected chi connectivity index (χ1v) is 11.6. The van der Waals surface area contributed by atoms with E-state index in [1.54, 1.807) is 0 Å². The summed E-state index contributed by atoms with van der Waals surface area (Å²) < 4.78 is 40.2. The number of benzene rings is 1. The van der Waals surface area contributed by atoms with Gasteiger partial charge < -0.3 is 10.2 Å². The minimum absolute atomic E-state index is 0.0203. The van der Waals surface area contributed by atoms with Crippen LogP contribution in [0.15, 0.2) is 29.2 Å². The Morgan fingerprint density at radius 2 is 1.93 bits per heavy atom. The Hall–Kier alpha value is -1.51. The normalized spacial score (nSPS) is 26.0. The van der Waals surface area contributed by atoms with E-state index in [4.69, 9.17) is 0 Å². The van der Waals surface area contributed by atoms with Gasteiger partial charge in [-0.15, -0.1) is 0 Å². The molecule has 3 rings (SSSR count). The first kappa shape index (κ1) is 21.2. The summed E-state index contributed by atoms with van der Waals surface area (Å²) >= 11 is 0. The van der Waals surface area contributed by atoms with Crippen molar-refractivity contribution in [1.82, 2.24) is 9.62 Å². The van der Waals surface area contributed by atoms with Gasteiger partial charge in [0.05, 0.1) is 31.1 Å². The molecule has 1 saturated carbocycles. The van der Waals surface area contributed by atoms with Gasteiger partial charge in [-0.3, -0.25) is 4.79 Å². The van der Waals surface area contributed by atoms with Gasteiger partial charge >= 0.3 is 0 Å². The van der Waals surface area contributed by atoms with Crippen molar-refractivity contribution in [1.29, 1.82) is 0 Å². The lowest BCUT2D eigenvalue weighted by Gasteiger charge is -2.35. The third kappa shape index (κ3) is 4.72. The fourth-order valence-electron chi connectivity index (χ4n) is 4.25. The lowest BCUT2D eigenvalue weighted by molar-refractivity contribution is -0.917. The van der Waals surface area contributed by atoms with Crippen LogP contribution in [0.2, 0.25) is 0 Å². The fourth-order valence-corrected chi connectivity index (χ4v) is 5.72. The van der Waals surface area contributed by atoms with Crippen molar-refractivity contribution in [2.45, 2.75) is 56.5 Å². The number of nitrogens with one attached hydrogen (secondary N) is 2. The molecule has 1 saturated heterocycles. The number of halogens is 1. The lowest BCUT2D eigenvalue weighted by atomic mass is 9.86. The molecule has 0 unspecified atom stereocenters. The van der Waals surface area contributed by atoms with Crippen LogP contribution in [0.25, 0.3) is 0 Å². The van der Waals surface area contributed by atoms with Gasteiger partial charge in [-0.05, 0) is 43.9 Å². The number of quaternary nitrogens is 1. The molecule has 1 amide bonds. The Labute approximate surface area is 167 Å². The van der Waals surface area contributed by atoms with Crippen molar-refractivity contribution in [2.24, 2.45) is 5.92 Å². The predicted octanol–water partition coefficient (Wildman–Crippen LogP) is 0.798. The summed E-state index contributed by atoms with van der Waals surface area (Å²) in [5.74, 6) is -0.00378. The van der Waals surface area contributed by atoms with Crippen LogP contribution in [0, 0.1) is 11.7 Å². The molecule has 0 aromatic heterocycles. The van der Waals surface area contributed by atoms with E-state index >= 15 is 0 Å². The van der Waals surface area contributed by atoms with Gasteiger partial charge in [-0.1, -0.05) is 25.8 Å². The molecule has 28 heavy (non-hydrogen) atoms. The van der Waals surface area contributed by atoms with Gasteiger partial charge in [0.25, 0.3) is 5.91 Å². The van der Waals surface area contributed by atoms with Crippen LogP contribution < -0.4 is 10.2 Å². The molecule has 1 heterocycles. The molecule has 6 nitrogen and oxygen atoms in total. The van der Waals surface area contributed by atoms with Crippen molar-refractivity contribution in [3.05, 3.63) is 30.1 Å². The third-order valence-electron chi connectivity index (χ3n) is 6.24. The summed E-state index contributed by atoms with van der Waals surface area (Å²) in [6, 6.07) is 5.14. The van der Waals surface area contributed by atoms with Crippen LogP contribution in [-0.2, 0) is 14.8 Å². The van der Waals surface area contributed by atoms with Crippen LogP contribution in [0.4, 0.5) is 4.39 Å². The Kier molecular flexibility index (Phi) is 6.73. The van der Waals surface area contributed by atoms with Crippen molar-refractivity contribution >= 4 is 15.9 Å². The number of sulfonamides is 1. The zero-order valence-corrected chi connectivity index (χ0v) is 17.5. The van der Waals surface area contributed by atoms with E-state index in [1.807, 2.05) is 6.92 Å². The highest BCUT2D eigenvalue weighted by Crippen LogP contribution is 2.23. The van der Waals surface area contributed by atoms with Gasteiger partial charge in [0.2, 0.25) is 10.0 Å². The van der Waals surface area contributed by atoms with Crippen molar-refractivity contribution in [2.75, 3.05) is 26.2 Å². The quantitative estimate of drug-likeness (QED) is 0.752. The number of hydrogen-bond acceptors (Lipinski definition) is 3. The standard InChI is InChI=1S/C20H30FN3O3S/c1-15-6-3-4-9-19(15)22-20(25)16(2)23-10-12-24(13-11-23)28(26,27)18-8-5-7-17(21)14-18/h5,7-8,14-16,19H,3-4,6,9-13H2,1-2H3,(H,22,25)/p+1/t15-,16-,19+/m1/s1. The molecule has 2 aliphatic rings. The molecule has 0 bridgehead atoms. The van der Waals surface area contributed by atoms with Crippen LogP contribution >= 0.6 is 0 Å². The molecule has 3 atom stereocenters. The Balaban J connectivity index is 1.56. The monoisotopic (exact) mass is 412 g/mol. The highest BCUT2D eigenvalue weighted by atomic mass is 32.2. The van der Waals surface area contributed by atoms with E-state index in [9.17, 15) is 17.6 Å². The molecule has 1 aromatic carbocycles. The minimum atomic E-state index is -3.70. The average Bonchev–Trinajstić information content (AvgIpc) is 2.69. The van der Waals surface area contributed by atoms with E-state index < -0.39 is 15.8 Å². The average molecular weight is 413 g/mol. The Morgan fingerprint density at radius 3 is 2.57 bits per heavy atom. The van der Waals surface area contributed by atoms with Gasteiger partial charge in [0.15, 0.2) is 6.04 Å². The summed E-state index contributed by atoms with van der Waals surface area (Å²) in [4.78, 5) is 13.8. The van der Waals surface area contributed by atoms with Crippen molar-refractivity contribution < 1.29 is 22.5 Å². The molecule has 1 aliphatic carbocycles. The third-order valence-corrected chi connectivity index (χ3v) is 8.14. The molecule has 156 valence electrons. The predicted molar refractivity (Wildman–Crippen MR) is 105 cm³/mol. The van der Waals surface area contributed by atoms with Gasteiger partial charge in [-0.25, -0.2) is 12.8 Å². The maximum absolute atomic E-state index is 13.4. The van der Waals surface area contributed by atoms with E-state index in [1.165, 1.54) is 28.9 Å². The summed E-state index contributed by atoms with van der Waals surface area (Å²) in [5, 5.41) is 3.21. The van der Waals surface area contributed by atoms with Crippen LogP contribution in [0.5, 0.6) is 0 Å². The van der Waals surface area contributed by atoms with Crippen LogP contribution in [-0.4, -0.2) is 56.9 Å². The van der Waals surface area contributed by atoms with Crippen molar-refractivity contribution in [3.63, 3.8) is 0 Å². The molecule has 0 spiro atoms. The second-order valence-corrected chi connectivity index (χ2v) is 10.1. The highest BCUT2D eigenvalue weighted by Gasteiger charge is 2.35. The number of hydrogen-bond donors (Lipinski definition) is 2. The van der Waals surface area contributed by atoms with E-state index in [0.717, 1.165) is 30.2 Å². The number of carbonyl (C=O) groups is 1. The summed E-state index contributed by atoms with van der Waals surface area (Å²) in [5.41, 5.74) is 0. The van der Waals surface area contributed by atoms with Crippen LogP contribution in [0.1, 0.15) is 39.5 Å². The molecule has 2 fully saturated rings. The molecular weight excluding hydrogens is 381 g/mol. The second kappa shape index (κ2) is 8.88. The maximum atomic E-state index is 13.4. The smallest absolute Gasteiger partial charge is 0.278 e. The topological polar surface area (TPSA) is 70.9 Å². The van der Waals surface area contributed by atoms with Gasteiger partial charge in [-0.2, -0.15) is 4.31 Å². The number of amides is 1. The molecule has 1 aliphatic heterocycles. The number of nitrogens with zero attached hydrogens (tertiary/aromatic N) is 1. The number of rotatable bonds is 5. The summed E-state index contributed by atoms with van der Waals surface area (Å²) in [6.07, 6.45) is 4.58. The fraction of sp³-hybridized carbons (Fsp3) is 0.650. The first-order chi connectivity index (χ1) is 13.3. The van der Waals surface area contributed by atoms with Crippen LogP contribution in [0.3, 0.4) is 0 Å². The maximum Gasteiger partial charge on any atom is 0.278 e. The van der Waals surface area contributed by atoms with E-state index in [2.05, 4.69) is 12.2 Å². The molecule has 2 N–H and O–H groups in total. The Bertz CT molecular complexity index is 794. The molecule has 1 aromatic rings. The summed E-state index contributed by atoms with van der Waals surface area (Å²) in [7, 11) is -3.70. The highest BCUT2D eigenvalue weighted by molar-refractivity contribution is 7.89. The van der Waals surface area contributed by atoms with Crippen molar-refractivity contribution in [3.8, 4) is 0 Å². The molecule has 8 heteroatoms. The molecular formula is C20H31FN3O3S+. The molecule has 0 radical (unpaired) electrons. The summed E-state index contributed by atoms with van der Waals surface area (Å²) in [6.45, 7) is 5.87. The Morgan fingerprint density at radius 1 is 1.25 bits per heavy atom. The SMILES string of the molecule is C[C@@H]1CCCC[C@@H]1NC(=O)[C@@H](C)[NH+]1CCN(S(=O)(=O)c2cccc(F)c2)CC1. The number of piperazine rings is 1. The number of carbonyl (C=O) groups excluding carboxylic acids is 1. The van der Waals surface area contributed by atoms with Gasteiger partial charge in [0.1, 0.15) is 5.82 Å². The zero-order chi connectivity index (χ0) is 20.3. The zero-order valence-electron chi connectivity index (χ0n) is 16.7. The largest absolute Gasteiger partial charge is 0.348 e. The minimum Gasteiger partial charge on any atom is -0.348 e. The second-order valence-electron chi connectivity index (χ2n) is 8.12.